The zero-order chi connectivity index (χ0) is 16.7. The third-order valence-electron chi connectivity index (χ3n) is 4.54. The van der Waals surface area contributed by atoms with E-state index in [1.807, 2.05) is 10.9 Å². The van der Waals surface area contributed by atoms with Crippen molar-refractivity contribution in [2.75, 3.05) is 24.6 Å². The Morgan fingerprint density at radius 2 is 2.17 bits per heavy atom. The van der Waals surface area contributed by atoms with E-state index in [2.05, 4.69) is 46.9 Å². The van der Waals surface area contributed by atoms with Gasteiger partial charge in [0.05, 0.1) is 30.8 Å². The van der Waals surface area contributed by atoms with Crippen molar-refractivity contribution in [2.45, 2.75) is 33.4 Å². The van der Waals surface area contributed by atoms with Crippen molar-refractivity contribution >= 4 is 27.4 Å². The summed E-state index contributed by atoms with van der Waals surface area (Å²) in [6.45, 7) is 9.50. The molecule has 7 heteroatoms. The molecule has 3 aromatic rings. The summed E-state index contributed by atoms with van der Waals surface area (Å²) in [5.74, 6) is 1.03. The van der Waals surface area contributed by atoms with Gasteiger partial charge in [0.1, 0.15) is 17.0 Å². The Balaban J connectivity index is 1.60. The molecule has 1 atom stereocenters. The first-order chi connectivity index (χ1) is 11.6. The van der Waals surface area contributed by atoms with Crippen molar-refractivity contribution < 1.29 is 4.74 Å². The second-order valence-corrected chi connectivity index (χ2v) is 7.54. The minimum absolute atomic E-state index is 0.114. The maximum atomic E-state index is 5.95. The molecule has 4 rings (SSSR count). The van der Waals surface area contributed by atoms with Crippen molar-refractivity contribution in [3.8, 4) is 0 Å². The molecule has 1 saturated heterocycles. The Bertz CT molecular complexity index is 871. The van der Waals surface area contributed by atoms with Crippen LogP contribution in [0.3, 0.4) is 0 Å². The Labute approximate surface area is 145 Å². The van der Waals surface area contributed by atoms with Crippen molar-refractivity contribution in [3.05, 3.63) is 34.7 Å². The van der Waals surface area contributed by atoms with Crippen LogP contribution >= 0.6 is 11.3 Å². The number of fused-ring (bicyclic) bond motifs is 1. The highest BCUT2D eigenvalue weighted by Gasteiger charge is 2.25. The van der Waals surface area contributed by atoms with Gasteiger partial charge in [0, 0.05) is 24.2 Å². The molecule has 126 valence electrons. The Hall–Kier alpha value is -1.99. The van der Waals surface area contributed by atoms with Crippen LogP contribution in [-0.4, -0.2) is 45.5 Å². The quantitative estimate of drug-likeness (QED) is 0.732. The summed E-state index contributed by atoms with van der Waals surface area (Å²) in [5.41, 5.74) is 2.46. The lowest BCUT2D eigenvalue weighted by atomic mass is 10.2. The molecule has 1 aliphatic rings. The first kappa shape index (κ1) is 15.5. The van der Waals surface area contributed by atoms with Gasteiger partial charge in [-0.3, -0.25) is 4.68 Å². The average molecular weight is 343 g/mol. The van der Waals surface area contributed by atoms with Crippen LogP contribution in [-0.2, 0) is 11.3 Å². The van der Waals surface area contributed by atoms with Crippen LogP contribution in [0.25, 0.3) is 10.2 Å². The third-order valence-corrected chi connectivity index (χ3v) is 5.65. The van der Waals surface area contributed by atoms with Gasteiger partial charge in [-0.15, -0.1) is 11.3 Å². The van der Waals surface area contributed by atoms with Gasteiger partial charge in [-0.1, -0.05) is 0 Å². The number of morpholine rings is 1. The molecule has 24 heavy (non-hydrogen) atoms. The van der Waals surface area contributed by atoms with Crippen molar-refractivity contribution in [3.63, 3.8) is 0 Å². The first-order valence-corrected chi connectivity index (χ1v) is 9.00. The highest BCUT2D eigenvalue weighted by Crippen LogP contribution is 2.34. The predicted molar refractivity (Wildman–Crippen MR) is 95.8 cm³/mol. The maximum absolute atomic E-state index is 5.95. The molecule has 0 amide bonds. The van der Waals surface area contributed by atoms with Gasteiger partial charge in [0.25, 0.3) is 0 Å². The normalized spacial score (nSPS) is 18.5. The van der Waals surface area contributed by atoms with Crippen LogP contribution < -0.4 is 4.90 Å². The number of hydrogen-bond acceptors (Lipinski definition) is 6. The van der Waals surface area contributed by atoms with Crippen molar-refractivity contribution in [1.82, 2.24) is 19.7 Å². The van der Waals surface area contributed by atoms with Crippen LogP contribution in [0.2, 0.25) is 0 Å². The van der Waals surface area contributed by atoms with E-state index in [-0.39, 0.29) is 6.10 Å². The highest BCUT2D eigenvalue weighted by molar-refractivity contribution is 7.18. The fourth-order valence-corrected chi connectivity index (χ4v) is 4.19. The molecule has 1 aliphatic heterocycles. The highest BCUT2D eigenvalue weighted by atomic mass is 32.1. The molecule has 0 unspecified atom stereocenters. The monoisotopic (exact) mass is 343 g/mol. The number of nitrogens with zero attached hydrogens (tertiary/aromatic N) is 5. The van der Waals surface area contributed by atoms with E-state index < -0.39 is 0 Å². The van der Waals surface area contributed by atoms with E-state index in [9.17, 15) is 0 Å². The fraction of sp³-hybridized carbons (Fsp3) is 0.471. The number of ether oxygens (including phenoxy) is 1. The minimum atomic E-state index is 0.114. The maximum Gasteiger partial charge on any atom is 0.141 e. The largest absolute Gasteiger partial charge is 0.373 e. The van der Waals surface area contributed by atoms with E-state index >= 15 is 0 Å². The van der Waals surface area contributed by atoms with Crippen LogP contribution in [0.5, 0.6) is 0 Å². The summed E-state index contributed by atoms with van der Waals surface area (Å²) in [6.07, 6.45) is 5.72. The lowest BCUT2D eigenvalue weighted by Gasteiger charge is -2.34. The molecular weight excluding hydrogens is 322 g/mol. The van der Waals surface area contributed by atoms with Crippen molar-refractivity contribution in [1.29, 1.82) is 0 Å². The van der Waals surface area contributed by atoms with Crippen LogP contribution in [0.4, 0.5) is 5.82 Å². The molecule has 0 spiro atoms. The number of aromatic nitrogens is 4. The predicted octanol–water partition coefficient (Wildman–Crippen LogP) is 2.72. The van der Waals surface area contributed by atoms with E-state index in [1.54, 1.807) is 17.7 Å². The summed E-state index contributed by atoms with van der Waals surface area (Å²) in [6, 6.07) is 0. The number of aryl methyl sites for hydroxylation is 3. The van der Waals surface area contributed by atoms with Crippen molar-refractivity contribution in [2.24, 2.45) is 0 Å². The molecule has 0 aromatic carbocycles. The summed E-state index contributed by atoms with van der Waals surface area (Å²) in [5, 5.41) is 5.56. The molecule has 3 aromatic heterocycles. The third kappa shape index (κ3) is 2.78. The van der Waals surface area contributed by atoms with E-state index in [0.717, 1.165) is 30.3 Å². The summed E-state index contributed by atoms with van der Waals surface area (Å²) in [4.78, 5) is 13.7. The van der Waals surface area contributed by atoms with E-state index in [0.29, 0.717) is 6.61 Å². The molecule has 0 N–H and O–H groups in total. The smallest absolute Gasteiger partial charge is 0.141 e. The van der Waals surface area contributed by atoms with Crippen LogP contribution in [0.15, 0.2) is 18.7 Å². The number of anilines is 1. The van der Waals surface area contributed by atoms with Gasteiger partial charge in [0.15, 0.2) is 0 Å². The first-order valence-electron chi connectivity index (χ1n) is 8.18. The second-order valence-electron chi connectivity index (χ2n) is 6.34. The van der Waals surface area contributed by atoms with Gasteiger partial charge < -0.3 is 9.64 Å². The molecule has 1 fully saturated rings. The zero-order valence-corrected chi connectivity index (χ0v) is 15.0. The lowest BCUT2D eigenvalue weighted by Crippen LogP contribution is -2.44. The Morgan fingerprint density at radius 3 is 2.96 bits per heavy atom. The van der Waals surface area contributed by atoms with E-state index in [1.165, 1.54) is 21.4 Å². The Kier molecular flexibility index (Phi) is 3.97. The summed E-state index contributed by atoms with van der Waals surface area (Å²) in [7, 11) is 0. The average Bonchev–Trinajstić information content (AvgIpc) is 3.11. The fourth-order valence-electron chi connectivity index (χ4n) is 3.20. The molecule has 0 bridgehead atoms. The summed E-state index contributed by atoms with van der Waals surface area (Å²) >= 11 is 1.74. The Morgan fingerprint density at radius 1 is 1.29 bits per heavy atom. The zero-order valence-electron chi connectivity index (χ0n) is 14.2. The lowest BCUT2D eigenvalue weighted by molar-refractivity contribution is 0.0272. The van der Waals surface area contributed by atoms with Gasteiger partial charge >= 0.3 is 0 Å². The number of thiophene rings is 1. The summed E-state index contributed by atoms with van der Waals surface area (Å²) < 4.78 is 7.90. The van der Waals surface area contributed by atoms with Gasteiger partial charge in [0.2, 0.25) is 0 Å². The van der Waals surface area contributed by atoms with E-state index in [4.69, 9.17) is 4.74 Å². The number of hydrogen-bond donors (Lipinski definition) is 0. The van der Waals surface area contributed by atoms with Gasteiger partial charge in [-0.05, 0) is 31.9 Å². The van der Waals surface area contributed by atoms with Crippen LogP contribution in [0.1, 0.15) is 16.0 Å². The molecule has 0 saturated carbocycles. The molecule has 0 aliphatic carbocycles. The SMILES string of the molecule is Cc1cnn(C[C@H]2CN(c3ncnc4sc(C)c(C)c34)CCO2)c1. The topological polar surface area (TPSA) is 56.1 Å². The molecule has 0 radical (unpaired) electrons. The standard InChI is InChI=1S/C17H21N5OS/c1-11-6-20-22(7-11)9-14-8-21(4-5-23-14)16-15-12(2)13(3)24-17(15)19-10-18-16/h6-7,10,14H,4-5,8-9H2,1-3H3/t14-/m1/s1. The van der Waals surface area contributed by atoms with Gasteiger partial charge in [-0.25, -0.2) is 9.97 Å². The number of rotatable bonds is 3. The minimum Gasteiger partial charge on any atom is -0.373 e. The van der Waals surface area contributed by atoms with Gasteiger partial charge in [-0.2, -0.15) is 5.10 Å². The molecule has 4 heterocycles. The van der Waals surface area contributed by atoms with Crippen LogP contribution in [0, 0.1) is 20.8 Å². The second kappa shape index (κ2) is 6.14. The molecule has 6 nitrogen and oxygen atoms in total. The molecular formula is C17H21N5OS.